The number of anilines is 2. The molecule has 0 spiro atoms. The number of esters is 1. The highest BCUT2D eigenvalue weighted by atomic mass is 35.5. The van der Waals surface area contributed by atoms with E-state index in [1.54, 1.807) is 36.4 Å². The zero-order valence-electron chi connectivity index (χ0n) is 22.4. The molecule has 0 bridgehead atoms. The number of halogens is 2. The summed E-state index contributed by atoms with van der Waals surface area (Å²) < 4.78 is 16.9. The highest BCUT2D eigenvalue weighted by molar-refractivity contribution is 6.31. The maximum Gasteiger partial charge on any atom is 0.338 e. The number of carbonyl (C=O) groups excluding carboxylic acids is 2. The van der Waals surface area contributed by atoms with E-state index in [9.17, 15) is 14.4 Å². The molecule has 1 amide bonds. The second-order valence-electron chi connectivity index (χ2n) is 9.40. The molecule has 1 atom stereocenters. The molecule has 1 aliphatic rings. The smallest absolute Gasteiger partial charge is 0.338 e. The minimum atomic E-state index is -0.832. The van der Waals surface area contributed by atoms with Gasteiger partial charge in [0.25, 0.3) is 0 Å². The highest BCUT2D eigenvalue weighted by Crippen LogP contribution is 2.37. The Kier molecular flexibility index (Phi) is 9.60. The van der Waals surface area contributed by atoms with Crippen LogP contribution in [0.5, 0.6) is 5.75 Å². The summed E-state index contributed by atoms with van der Waals surface area (Å²) in [5.74, 6) is -1.23. The number of nitrogens with two attached hydrogens (primary N) is 4. The first-order chi connectivity index (χ1) is 19.3. The van der Waals surface area contributed by atoms with Crippen LogP contribution in [-0.4, -0.2) is 39.5 Å². The summed E-state index contributed by atoms with van der Waals surface area (Å²) in [5.41, 5.74) is 21.2. The molecule has 13 nitrogen and oxygen atoms in total. The lowest BCUT2D eigenvalue weighted by Gasteiger charge is -2.30. The number of amides is 1. The molecule has 0 saturated carbocycles. The van der Waals surface area contributed by atoms with Crippen LogP contribution in [0.15, 0.2) is 68.8 Å². The number of hydrogen-bond acceptors (Lipinski definition) is 10. The van der Waals surface area contributed by atoms with Crippen LogP contribution in [0.2, 0.25) is 5.15 Å². The molecule has 2 aromatic heterocycles. The van der Waals surface area contributed by atoms with Gasteiger partial charge in [-0.3, -0.25) is 4.79 Å². The molecule has 0 aliphatic carbocycles. The maximum atomic E-state index is 12.4. The number of hydrogen-bond donors (Lipinski definition) is 4. The van der Waals surface area contributed by atoms with Gasteiger partial charge >= 0.3 is 17.5 Å². The second kappa shape index (κ2) is 12.7. The standard InChI is InChI=1S/C21H18O5.C6H8ClN7O.ClH/c1-21(2,26-20(23)13-6-4-3-5-7-13)18-11-15-10-14-8-9-19(22)25-16(14)12-17(15)24-18;7-2-4(9)13-3(8)1(12-2)5(15)14-6(10)11;/h3-10,12,18H,11H2,1-2H3;(H4,8,9,13)(H4,10,11,14,15);1H. The first-order valence-corrected chi connectivity index (χ1v) is 12.5. The van der Waals surface area contributed by atoms with Gasteiger partial charge in [0.15, 0.2) is 28.4 Å². The number of benzene rings is 2. The molecule has 5 rings (SSSR count). The van der Waals surface area contributed by atoms with E-state index in [4.69, 9.17) is 48.4 Å². The Bertz CT molecular complexity index is 1720. The summed E-state index contributed by atoms with van der Waals surface area (Å²) in [5, 5.41) is 0.699. The summed E-state index contributed by atoms with van der Waals surface area (Å²) >= 11 is 5.55. The van der Waals surface area contributed by atoms with E-state index in [1.807, 2.05) is 26.0 Å². The Morgan fingerprint density at radius 2 is 1.74 bits per heavy atom. The van der Waals surface area contributed by atoms with E-state index >= 15 is 0 Å². The van der Waals surface area contributed by atoms with Gasteiger partial charge in [-0.1, -0.05) is 29.8 Å². The van der Waals surface area contributed by atoms with Crippen molar-refractivity contribution in [1.82, 2.24) is 9.97 Å². The van der Waals surface area contributed by atoms with Crippen molar-refractivity contribution in [3.05, 3.63) is 87.0 Å². The van der Waals surface area contributed by atoms with Crippen LogP contribution in [0.25, 0.3) is 11.0 Å². The molecule has 42 heavy (non-hydrogen) atoms. The molecule has 1 aliphatic heterocycles. The molecular weight excluding hydrogens is 589 g/mol. The van der Waals surface area contributed by atoms with E-state index < -0.39 is 23.1 Å². The summed E-state index contributed by atoms with van der Waals surface area (Å²) in [6.07, 6.45) is 0.285. The van der Waals surface area contributed by atoms with Gasteiger partial charge in [0.2, 0.25) is 0 Å². The molecule has 0 fully saturated rings. The normalized spacial score (nSPS) is 13.5. The zero-order chi connectivity index (χ0) is 29.9. The number of ether oxygens (including phenoxy) is 2. The first-order valence-electron chi connectivity index (χ1n) is 12.1. The van der Waals surface area contributed by atoms with E-state index in [2.05, 4.69) is 15.0 Å². The van der Waals surface area contributed by atoms with Crippen molar-refractivity contribution in [2.75, 3.05) is 11.5 Å². The molecule has 4 aromatic rings. The first kappa shape index (κ1) is 31.6. The number of nitrogens with zero attached hydrogens (tertiary/aromatic N) is 3. The van der Waals surface area contributed by atoms with Crippen molar-refractivity contribution in [2.45, 2.75) is 32.0 Å². The predicted octanol–water partition coefficient (Wildman–Crippen LogP) is 2.86. The van der Waals surface area contributed by atoms with Crippen molar-refractivity contribution in [1.29, 1.82) is 0 Å². The molecule has 220 valence electrons. The second-order valence-corrected chi connectivity index (χ2v) is 9.76. The largest absolute Gasteiger partial charge is 0.485 e. The highest BCUT2D eigenvalue weighted by Gasteiger charge is 2.40. The van der Waals surface area contributed by atoms with Crippen LogP contribution in [-0.2, 0) is 11.2 Å². The molecule has 3 heterocycles. The van der Waals surface area contributed by atoms with Crippen LogP contribution in [0, 0.1) is 0 Å². The molecule has 8 N–H and O–H groups in total. The maximum absolute atomic E-state index is 12.4. The minimum absolute atomic E-state index is 0. The van der Waals surface area contributed by atoms with Gasteiger partial charge in [-0.25, -0.2) is 19.6 Å². The van der Waals surface area contributed by atoms with Gasteiger partial charge in [-0.2, -0.15) is 4.99 Å². The quantitative estimate of drug-likeness (QED) is 0.112. The predicted molar refractivity (Wildman–Crippen MR) is 160 cm³/mol. The summed E-state index contributed by atoms with van der Waals surface area (Å²) in [4.78, 5) is 45.5. The van der Waals surface area contributed by atoms with Crippen molar-refractivity contribution < 1.29 is 23.5 Å². The number of fused-ring (bicyclic) bond motifs is 2. The van der Waals surface area contributed by atoms with Gasteiger partial charge in [0.1, 0.15) is 23.0 Å². The van der Waals surface area contributed by atoms with Crippen molar-refractivity contribution in [2.24, 2.45) is 16.5 Å². The van der Waals surface area contributed by atoms with Crippen LogP contribution in [0.3, 0.4) is 0 Å². The lowest BCUT2D eigenvalue weighted by atomic mass is 9.96. The lowest BCUT2D eigenvalue weighted by molar-refractivity contribution is -0.0517. The van der Waals surface area contributed by atoms with Crippen LogP contribution >= 0.6 is 24.0 Å². The van der Waals surface area contributed by atoms with Gasteiger partial charge in [0.05, 0.1) is 5.56 Å². The Morgan fingerprint density at radius 1 is 1.05 bits per heavy atom. The Hall–Kier alpha value is -4.88. The number of rotatable bonds is 4. The SMILES string of the molecule is CC(C)(OC(=O)c1ccccc1)C1Cc2cc3ccc(=O)oc3cc2O1.Cl.NC(N)=NC(=O)c1nc(Cl)c(N)nc1N. The van der Waals surface area contributed by atoms with Gasteiger partial charge in [-0.15, -0.1) is 12.4 Å². The molecule has 0 radical (unpaired) electrons. The summed E-state index contributed by atoms with van der Waals surface area (Å²) in [6, 6.07) is 15.7. The fraction of sp³-hybridized carbons (Fsp3) is 0.185. The number of carbonyl (C=O) groups is 2. The summed E-state index contributed by atoms with van der Waals surface area (Å²) in [6.45, 7) is 3.68. The molecule has 1 unspecified atom stereocenters. The van der Waals surface area contributed by atoms with Gasteiger partial charge in [0, 0.05) is 23.9 Å². The number of aliphatic imine (C=N–C) groups is 1. The fourth-order valence-corrected chi connectivity index (χ4v) is 4.03. The van der Waals surface area contributed by atoms with E-state index in [1.165, 1.54) is 6.07 Å². The zero-order valence-corrected chi connectivity index (χ0v) is 23.9. The van der Waals surface area contributed by atoms with Crippen LogP contribution < -0.4 is 33.3 Å². The number of aromatic nitrogens is 2. The summed E-state index contributed by atoms with van der Waals surface area (Å²) in [7, 11) is 0. The Labute approximate surface area is 250 Å². The number of guanidine groups is 1. The Morgan fingerprint density at radius 3 is 2.40 bits per heavy atom. The van der Waals surface area contributed by atoms with E-state index in [0.717, 1.165) is 10.9 Å². The average molecular weight is 616 g/mol. The van der Waals surface area contributed by atoms with Crippen molar-refractivity contribution >= 4 is 64.4 Å². The average Bonchev–Trinajstić information content (AvgIpc) is 3.33. The topological polar surface area (TPSA) is 225 Å². The van der Waals surface area contributed by atoms with Gasteiger partial charge < -0.3 is 36.8 Å². The molecular formula is C27H27Cl2N7O6. The van der Waals surface area contributed by atoms with E-state index in [0.29, 0.717) is 23.3 Å². The van der Waals surface area contributed by atoms with Crippen molar-refractivity contribution in [3.8, 4) is 5.75 Å². The van der Waals surface area contributed by atoms with E-state index in [-0.39, 0.29) is 47.0 Å². The Balaban J connectivity index is 0.000000260. The molecule has 15 heteroatoms. The minimum Gasteiger partial charge on any atom is -0.485 e. The third-order valence-electron chi connectivity index (χ3n) is 5.96. The lowest BCUT2D eigenvalue weighted by Crippen LogP contribution is -2.43. The third kappa shape index (κ3) is 7.25. The fourth-order valence-electron chi connectivity index (χ4n) is 3.90. The van der Waals surface area contributed by atoms with Crippen LogP contribution in [0.4, 0.5) is 11.6 Å². The van der Waals surface area contributed by atoms with Crippen LogP contribution in [0.1, 0.15) is 40.3 Å². The molecule has 0 saturated heterocycles. The van der Waals surface area contributed by atoms with Gasteiger partial charge in [-0.05, 0) is 43.7 Å². The number of nitrogen functional groups attached to an aromatic ring is 2. The monoisotopic (exact) mass is 615 g/mol. The third-order valence-corrected chi connectivity index (χ3v) is 6.23. The molecule has 2 aromatic carbocycles. The van der Waals surface area contributed by atoms with Crippen molar-refractivity contribution in [3.63, 3.8) is 0 Å².